The third kappa shape index (κ3) is 5.75. The van der Waals surface area contributed by atoms with Gasteiger partial charge in [0, 0.05) is 31.7 Å². The van der Waals surface area contributed by atoms with Crippen molar-refractivity contribution in [1.29, 1.82) is 0 Å². The number of rotatable bonds is 5. The van der Waals surface area contributed by atoms with Crippen LogP contribution in [0.25, 0.3) is 11.3 Å². The maximum Gasteiger partial charge on any atom is 0.410 e. The van der Waals surface area contributed by atoms with Crippen LogP contribution < -0.4 is 15.4 Å². The van der Waals surface area contributed by atoms with Gasteiger partial charge in [-0.25, -0.2) is 4.79 Å². The molecule has 34 heavy (non-hydrogen) atoms. The van der Waals surface area contributed by atoms with Crippen LogP contribution in [0.1, 0.15) is 26.3 Å². The van der Waals surface area contributed by atoms with Crippen LogP contribution >= 0.6 is 0 Å². The Bertz CT molecular complexity index is 1120. The number of piperazine rings is 1. The van der Waals surface area contributed by atoms with Gasteiger partial charge in [-0.05, 0) is 44.5 Å². The van der Waals surface area contributed by atoms with Gasteiger partial charge >= 0.3 is 6.09 Å². The number of ether oxygens (including phenoxy) is 2. The highest BCUT2D eigenvalue weighted by Gasteiger charge is 2.27. The van der Waals surface area contributed by atoms with Gasteiger partial charge in [-0.3, -0.25) is 0 Å². The van der Waals surface area contributed by atoms with Gasteiger partial charge in [0.2, 0.25) is 0 Å². The second kappa shape index (κ2) is 9.99. The lowest BCUT2D eigenvalue weighted by atomic mass is 10.1. The van der Waals surface area contributed by atoms with Crippen molar-refractivity contribution in [2.75, 3.05) is 36.8 Å². The number of nitrogens with two attached hydrogens (primary N) is 1. The number of benzene rings is 2. The van der Waals surface area contributed by atoms with E-state index >= 15 is 0 Å². The number of amides is 1. The number of nitrogens with zero attached hydrogens (tertiary/aromatic N) is 4. The molecular formula is C26H31N5O3. The predicted octanol–water partition coefficient (Wildman–Crippen LogP) is 4.36. The zero-order chi connectivity index (χ0) is 24.1. The molecule has 1 aliphatic rings. The van der Waals surface area contributed by atoms with Crippen molar-refractivity contribution in [3.8, 4) is 17.0 Å². The summed E-state index contributed by atoms with van der Waals surface area (Å²) in [4.78, 5) is 16.2. The fourth-order valence-corrected chi connectivity index (χ4v) is 3.77. The lowest BCUT2D eigenvalue weighted by Gasteiger charge is -2.36. The minimum atomic E-state index is -0.515. The Balaban J connectivity index is 1.49. The van der Waals surface area contributed by atoms with Gasteiger partial charge in [-0.15, -0.1) is 10.2 Å². The van der Waals surface area contributed by atoms with E-state index in [9.17, 15) is 4.79 Å². The van der Waals surface area contributed by atoms with E-state index in [1.54, 1.807) is 4.90 Å². The molecule has 1 aromatic heterocycles. The highest BCUT2D eigenvalue weighted by atomic mass is 16.6. The van der Waals surface area contributed by atoms with Crippen molar-refractivity contribution in [2.24, 2.45) is 0 Å². The number of hydrogen-bond acceptors (Lipinski definition) is 7. The zero-order valence-corrected chi connectivity index (χ0v) is 19.9. The van der Waals surface area contributed by atoms with Crippen LogP contribution in [0.3, 0.4) is 0 Å². The minimum Gasteiger partial charge on any atom is -0.488 e. The second-order valence-corrected chi connectivity index (χ2v) is 9.22. The molecule has 0 bridgehead atoms. The van der Waals surface area contributed by atoms with Crippen molar-refractivity contribution < 1.29 is 14.3 Å². The third-order valence-electron chi connectivity index (χ3n) is 5.47. The largest absolute Gasteiger partial charge is 0.488 e. The molecule has 0 spiro atoms. The molecule has 0 aliphatic carbocycles. The summed E-state index contributed by atoms with van der Waals surface area (Å²) in [6.07, 6.45) is -0.293. The molecule has 4 rings (SSSR count). The van der Waals surface area contributed by atoms with E-state index in [-0.39, 0.29) is 6.09 Å². The van der Waals surface area contributed by atoms with E-state index in [0.717, 1.165) is 22.6 Å². The van der Waals surface area contributed by atoms with E-state index < -0.39 is 5.60 Å². The van der Waals surface area contributed by atoms with Crippen LogP contribution in [-0.4, -0.2) is 53.0 Å². The number of anilines is 2. The monoisotopic (exact) mass is 461 g/mol. The van der Waals surface area contributed by atoms with Crippen LogP contribution in [0.2, 0.25) is 0 Å². The summed E-state index contributed by atoms with van der Waals surface area (Å²) in [5.74, 6) is 1.09. The number of aromatic nitrogens is 2. The molecule has 1 fully saturated rings. The molecule has 2 aromatic carbocycles. The summed E-state index contributed by atoms with van der Waals surface area (Å²) in [5.41, 5.74) is 9.10. The Labute approximate surface area is 200 Å². The summed E-state index contributed by atoms with van der Waals surface area (Å²) in [7, 11) is 0. The number of hydrogen-bond donors (Lipinski definition) is 1. The van der Waals surface area contributed by atoms with Crippen molar-refractivity contribution in [3.05, 3.63) is 66.2 Å². The molecule has 1 amide bonds. The predicted molar refractivity (Wildman–Crippen MR) is 133 cm³/mol. The molecule has 2 N–H and O–H groups in total. The van der Waals surface area contributed by atoms with Crippen molar-refractivity contribution >= 4 is 17.6 Å². The molecule has 8 nitrogen and oxygen atoms in total. The lowest BCUT2D eigenvalue weighted by molar-refractivity contribution is 0.0240. The Hall–Kier alpha value is -3.81. The standard InChI is InChI=1S/C26H31N5O3/c1-26(2,3)34-25(32)31-15-13-30(14-16-31)22-17-21(28-29-24(22)27)20-11-7-8-12-23(20)33-18-19-9-5-4-6-10-19/h4-12,17H,13-16,18H2,1-3H3,(H2,27,29). The maximum absolute atomic E-state index is 12.4. The molecule has 3 aromatic rings. The smallest absolute Gasteiger partial charge is 0.410 e. The van der Waals surface area contributed by atoms with Gasteiger partial charge in [0.1, 0.15) is 18.0 Å². The van der Waals surface area contributed by atoms with E-state index in [2.05, 4.69) is 15.1 Å². The molecule has 0 radical (unpaired) electrons. The van der Waals surface area contributed by atoms with Crippen LogP contribution in [0, 0.1) is 0 Å². The van der Waals surface area contributed by atoms with Crippen LogP contribution in [0.15, 0.2) is 60.7 Å². The van der Waals surface area contributed by atoms with Crippen molar-refractivity contribution in [2.45, 2.75) is 33.0 Å². The number of carbonyl (C=O) groups excluding carboxylic acids is 1. The SMILES string of the molecule is CC(C)(C)OC(=O)N1CCN(c2cc(-c3ccccc3OCc3ccccc3)nnc2N)CC1. The Kier molecular flexibility index (Phi) is 6.86. The highest BCUT2D eigenvalue weighted by Crippen LogP contribution is 2.33. The molecule has 0 saturated carbocycles. The molecular weight excluding hydrogens is 430 g/mol. The number of carbonyl (C=O) groups is 1. The minimum absolute atomic E-state index is 0.293. The van der Waals surface area contributed by atoms with Crippen LogP contribution in [0.4, 0.5) is 16.3 Å². The quantitative estimate of drug-likeness (QED) is 0.603. The second-order valence-electron chi connectivity index (χ2n) is 9.22. The van der Waals surface area contributed by atoms with Gasteiger partial charge in [0.25, 0.3) is 0 Å². The fourth-order valence-electron chi connectivity index (χ4n) is 3.77. The summed E-state index contributed by atoms with van der Waals surface area (Å²) in [5, 5.41) is 8.55. The third-order valence-corrected chi connectivity index (χ3v) is 5.47. The van der Waals surface area contributed by atoms with E-state index in [0.29, 0.717) is 44.3 Å². The lowest BCUT2D eigenvalue weighted by Crippen LogP contribution is -2.50. The Morgan fingerprint density at radius 3 is 2.35 bits per heavy atom. The first-order valence-electron chi connectivity index (χ1n) is 11.4. The summed E-state index contributed by atoms with van der Waals surface area (Å²) in [6, 6.07) is 19.7. The van der Waals surface area contributed by atoms with E-state index in [1.165, 1.54) is 0 Å². The molecule has 0 unspecified atom stereocenters. The topological polar surface area (TPSA) is 93.8 Å². The van der Waals surface area contributed by atoms with Crippen molar-refractivity contribution in [3.63, 3.8) is 0 Å². The molecule has 8 heteroatoms. The van der Waals surface area contributed by atoms with Crippen LogP contribution in [0.5, 0.6) is 5.75 Å². The summed E-state index contributed by atoms with van der Waals surface area (Å²) < 4.78 is 11.6. The van der Waals surface area contributed by atoms with E-state index in [4.69, 9.17) is 15.2 Å². The average Bonchev–Trinajstić information content (AvgIpc) is 2.83. The van der Waals surface area contributed by atoms with Crippen LogP contribution in [-0.2, 0) is 11.3 Å². The molecule has 0 atom stereocenters. The van der Waals surface area contributed by atoms with Gasteiger partial charge in [-0.2, -0.15) is 0 Å². The first-order chi connectivity index (χ1) is 16.3. The van der Waals surface area contributed by atoms with Gasteiger partial charge < -0.3 is 25.0 Å². The first kappa shape index (κ1) is 23.4. The number of nitrogen functional groups attached to an aromatic ring is 1. The Morgan fingerprint density at radius 1 is 0.971 bits per heavy atom. The zero-order valence-electron chi connectivity index (χ0n) is 19.9. The fraction of sp³-hybridized carbons (Fsp3) is 0.346. The first-order valence-corrected chi connectivity index (χ1v) is 11.4. The molecule has 178 valence electrons. The molecule has 1 aliphatic heterocycles. The normalized spacial score (nSPS) is 14.1. The molecule has 1 saturated heterocycles. The number of para-hydroxylation sites is 1. The maximum atomic E-state index is 12.4. The summed E-state index contributed by atoms with van der Waals surface area (Å²) in [6.45, 7) is 8.40. The van der Waals surface area contributed by atoms with Gasteiger partial charge in [0.05, 0.1) is 11.4 Å². The Morgan fingerprint density at radius 2 is 1.65 bits per heavy atom. The van der Waals surface area contributed by atoms with E-state index in [1.807, 2.05) is 81.4 Å². The summed E-state index contributed by atoms with van der Waals surface area (Å²) >= 11 is 0. The van der Waals surface area contributed by atoms with Gasteiger partial charge in [-0.1, -0.05) is 42.5 Å². The van der Waals surface area contributed by atoms with Gasteiger partial charge in [0.15, 0.2) is 5.82 Å². The molecule has 2 heterocycles. The highest BCUT2D eigenvalue weighted by molar-refractivity contribution is 5.75. The average molecular weight is 462 g/mol. The van der Waals surface area contributed by atoms with Crippen molar-refractivity contribution in [1.82, 2.24) is 15.1 Å².